The Morgan fingerprint density at radius 1 is 1.22 bits per heavy atom. The summed E-state index contributed by atoms with van der Waals surface area (Å²) in [6.45, 7) is 1.54. The van der Waals surface area contributed by atoms with Gasteiger partial charge in [0.05, 0.1) is 18.6 Å². The topological polar surface area (TPSA) is 84.5 Å². The van der Waals surface area contributed by atoms with E-state index in [1.807, 2.05) is 0 Å². The van der Waals surface area contributed by atoms with Crippen LogP contribution in [0.2, 0.25) is 0 Å². The Labute approximate surface area is 157 Å². The van der Waals surface area contributed by atoms with Gasteiger partial charge in [-0.05, 0) is 49.1 Å². The molecule has 1 amide bonds. The molecule has 0 bridgehead atoms. The number of hydrogen-bond donors (Lipinski definition) is 2. The Balaban J connectivity index is 1.67. The van der Waals surface area contributed by atoms with E-state index in [0.717, 1.165) is 5.56 Å². The first kappa shape index (κ1) is 19.2. The molecular formula is C19H21FN2O4S. The Morgan fingerprint density at radius 3 is 2.56 bits per heavy atom. The Morgan fingerprint density at radius 2 is 1.93 bits per heavy atom. The quantitative estimate of drug-likeness (QED) is 0.757. The van der Waals surface area contributed by atoms with Crippen molar-refractivity contribution in [1.29, 1.82) is 0 Å². The van der Waals surface area contributed by atoms with Crippen molar-refractivity contribution in [1.82, 2.24) is 0 Å². The summed E-state index contributed by atoms with van der Waals surface area (Å²) < 4.78 is 44.1. The van der Waals surface area contributed by atoms with E-state index < -0.39 is 10.0 Å². The molecule has 1 aliphatic carbocycles. The van der Waals surface area contributed by atoms with Crippen molar-refractivity contribution < 1.29 is 22.3 Å². The highest BCUT2D eigenvalue weighted by Gasteiger charge is 2.43. The summed E-state index contributed by atoms with van der Waals surface area (Å²) >= 11 is 0. The van der Waals surface area contributed by atoms with E-state index in [1.165, 1.54) is 26.2 Å². The molecule has 3 rings (SSSR count). The zero-order valence-corrected chi connectivity index (χ0v) is 15.8. The maximum atomic E-state index is 13.0. The molecule has 2 aromatic carbocycles. The number of carbonyl (C=O) groups excluding carboxylic acids is 1. The third kappa shape index (κ3) is 4.57. The third-order valence-electron chi connectivity index (χ3n) is 4.54. The van der Waals surface area contributed by atoms with Crippen LogP contribution in [-0.4, -0.2) is 27.2 Å². The van der Waals surface area contributed by atoms with Gasteiger partial charge in [-0.15, -0.1) is 0 Å². The third-order valence-corrected chi connectivity index (χ3v) is 5.83. The van der Waals surface area contributed by atoms with E-state index in [0.29, 0.717) is 23.5 Å². The van der Waals surface area contributed by atoms with E-state index in [9.17, 15) is 17.6 Å². The SMILES string of the molecule is CCS(=O)(=O)Nc1ccc(NC(=O)C2CC2c2ccc(F)cc2)cc1OC. The summed E-state index contributed by atoms with van der Waals surface area (Å²) in [4.78, 5) is 12.4. The average Bonchev–Trinajstić information content (AvgIpc) is 3.44. The predicted molar refractivity (Wildman–Crippen MR) is 102 cm³/mol. The molecule has 1 aliphatic rings. The Kier molecular flexibility index (Phi) is 5.36. The van der Waals surface area contributed by atoms with Crippen LogP contribution in [-0.2, 0) is 14.8 Å². The highest BCUT2D eigenvalue weighted by Crippen LogP contribution is 2.48. The monoisotopic (exact) mass is 392 g/mol. The number of nitrogens with one attached hydrogen (secondary N) is 2. The number of ether oxygens (including phenoxy) is 1. The maximum Gasteiger partial charge on any atom is 0.232 e. The van der Waals surface area contributed by atoms with Gasteiger partial charge in [0, 0.05) is 17.7 Å². The number of rotatable bonds is 7. The normalized spacial score (nSPS) is 18.6. The van der Waals surface area contributed by atoms with Crippen LogP contribution < -0.4 is 14.8 Å². The highest BCUT2D eigenvalue weighted by atomic mass is 32.2. The fourth-order valence-corrected chi connectivity index (χ4v) is 3.54. The molecule has 0 heterocycles. The van der Waals surface area contributed by atoms with Crippen molar-refractivity contribution in [3.8, 4) is 5.75 Å². The van der Waals surface area contributed by atoms with Gasteiger partial charge in [0.1, 0.15) is 11.6 Å². The van der Waals surface area contributed by atoms with Gasteiger partial charge >= 0.3 is 0 Å². The number of halogens is 1. The van der Waals surface area contributed by atoms with Gasteiger partial charge in [0.15, 0.2) is 0 Å². The van der Waals surface area contributed by atoms with Crippen LogP contribution in [0.5, 0.6) is 5.75 Å². The van der Waals surface area contributed by atoms with E-state index in [4.69, 9.17) is 4.74 Å². The van der Waals surface area contributed by atoms with Crippen molar-refractivity contribution in [2.24, 2.45) is 5.92 Å². The van der Waals surface area contributed by atoms with Crippen LogP contribution in [0.1, 0.15) is 24.8 Å². The molecule has 2 N–H and O–H groups in total. The molecule has 2 unspecified atom stereocenters. The van der Waals surface area contributed by atoms with Crippen molar-refractivity contribution in [2.75, 3.05) is 22.9 Å². The molecule has 27 heavy (non-hydrogen) atoms. The zero-order chi connectivity index (χ0) is 19.6. The number of sulfonamides is 1. The van der Waals surface area contributed by atoms with Gasteiger partial charge in [-0.25, -0.2) is 12.8 Å². The first-order valence-corrected chi connectivity index (χ1v) is 10.2. The fraction of sp³-hybridized carbons (Fsp3) is 0.316. The number of benzene rings is 2. The minimum absolute atomic E-state index is 0.0545. The number of hydrogen-bond acceptors (Lipinski definition) is 4. The van der Waals surface area contributed by atoms with Crippen molar-refractivity contribution >= 4 is 27.3 Å². The first-order valence-electron chi connectivity index (χ1n) is 8.58. The van der Waals surface area contributed by atoms with E-state index in [-0.39, 0.29) is 29.3 Å². The van der Waals surface area contributed by atoms with Gasteiger partial charge in [0.25, 0.3) is 0 Å². The van der Waals surface area contributed by atoms with E-state index >= 15 is 0 Å². The molecule has 144 valence electrons. The summed E-state index contributed by atoms with van der Waals surface area (Å²) in [5.41, 5.74) is 1.77. The molecular weight excluding hydrogens is 371 g/mol. The number of anilines is 2. The molecule has 1 saturated carbocycles. The molecule has 0 saturated heterocycles. The standard InChI is InChI=1S/C19H21FN2O4S/c1-3-27(24,25)22-17-9-8-14(10-18(17)26-2)21-19(23)16-11-15(16)12-4-6-13(20)7-5-12/h4-10,15-16,22H,3,11H2,1-2H3,(H,21,23). The van der Waals surface area contributed by atoms with E-state index in [2.05, 4.69) is 10.0 Å². The molecule has 1 fully saturated rings. The van der Waals surface area contributed by atoms with Gasteiger partial charge in [-0.2, -0.15) is 0 Å². The second-order valence-electron chi connectivity index (χ2n) is 6.41. The summed E-state index contributed by atoms with van der Waals surface area (Å²) in [7, 11) is -2.00. The lowest BCUT2D eigenvalue weighted by atomic mass is 10.1. The molecule has 2 atom stereocenters. The van der Waals surface area contributed by atoms with Crippen LogP contribution in [0.25, 0.3) is 0 Å². The van der Waals surface area contributed by atoms with Crippen LogP contribution in [0, 0.1) is 11.7 Å². The van der Waals surface area contributed by atoms with Gasteiger partial charge in [-0.1, -0.05) is 12.1 Å². The maximum absolute atomic E-state index is 13.0. The zero-order valence-electron chi connectivity index (χ0n) is 15.0. The van der Waals surface area contributed by atoms with Crippen LogP contribution in [0.3, 0.4) is 0 Å². The summed E-state index contributed by atoms with van der Waals surface area (Å²) in [6, 6.07) is 10.9. The molecule has 0 spiro atoms. The molecule has 8 heteroatoms. The lowest BCUT2D eigenvalue weighted by Crippen LogP contribution is -2.16. The molecule has 6 nitrogen and oxygen atoms in total. The minimum atomic E-state index is -3.43. The smallest absolute Gasteiger partial charge is 0.232 e. The van der Waals surface area contributed by atoms with Crippen molar-refractivity contribution in [2.45, 2.75) is 19.3 Å². The first-order chi connectivity index (χ1) is 12.8. The van der Waals surface area contributed by atoms with Crippen molar-refractivity contribution in [3.63, 3.8) is 0 Å². The van der Waals surface area contributed by atoms with Crippen LogP contribution in [0.4, 0.5) is 15.8 Å². The summed E-state index contributed by atoms with van der Waals surface area (Å²) in [5.74, 6) is -0.251. The molecule has 0 aliphatic heterocycles. The Bertz CT molecular complexity index is 945. The second-order valence-corrected chi connectivity index (χ2v) is 8.42. The largest absolute Gasteiger partial charge is 0.494 e. The minimum Gasteiger partial charge on any atom is -0.494 e. The second kappa shape index (κ2) is 7.56. The van der Waals surface area contributed by atoms with Crippen LogP contribution in [0.15, 0.2) is 42.5 Å². The Hall–Kier alpha value is -2.61. The lowest BCUT2D eigenvalue weighted by molar-refractivity contribution is -0.117. The molecule has 0 aromatic heterocycles. The highest BCUT2D eigenvalue weighted by molar-refractivity contribution is 7.92. The predicted octanol–water partition coefficient (Wildman–Crippen LogP) is 3.34. The van der Waals surface area contributed by atoms with Crippen molar-refractivity contribution in [3.05, 3.63) is 53.8 Å². The van der Waals surface area contributed by atoms with Gasteiger partial charge < -0.3 is 10.1 Å². The van der Waals surface area contributed by atoms with E-state index in [1.54, 1.807) is 30.3 Å². The van der Waals surface area contributed by atoms with Gasteiger partial charge in [0.2, 0.25) is 15.9 Å². The lowest BCUT2D eigenvalue weighted by Gasteiger charge is -2.13. The number of amides is 1. The molecule has 0 radical (unpaired) electrons. The number of carbonyl (C=O) groups is 1. The summed E-state index contributed by atoms with van der Waals surface area (Å²) in [5, 5.41) is 2.82. The summed E-state index contributed by atoms with van der Waals surface area (Å²) in [6.07, 6.45) is 0.711. The fourth-order valence-electron chi connectivity index (χ4n) is 2.89. The van der Waals surface area contributed by atoms with Crippen LogP contribution >= 0.6 is 0 Å². The average molecular weight is 392 g/mol. The van der Waals surface area contributed by atoms with Gasteiger partial charge in [-0.3, -0.25) is 9.52 Å². The number of methoxy groups -OCH3 is 1. The molecule has 2 aromatic rings.